The largest absolute Gasteiger partial charge is 0.348 e. The molecule has 20 heavy (non-hydrogen) atoms. The fourth-order valence-corrected chi connectivity index (χ4v) is 2.21. The lowest BCUT2D eigenvalue weighted by Gasteiger charge is -2.07. The van der Waals surface area contributed by atoms with Crippen LogP contribution >= 0.6 is 27.5 Å². The fraction of sp³-hybridized carbons (Fsp3) is 0.0667. The van der Waals surface area contributed by atoms with Crippen LogP contribution in [0.1, 0.15) is 21.5 Å². The second-order valence-electron chi connectivity index (χ2n) is 4.12. The molecule has 0 fully saturated rings. The molecule has 3 nitrogen and oxygen atoms in total. The molecule has 0 aromatic heterocycles. The number of carbonyl (C=O) groups excluding carboxylic acids is 1. The van der Waals surface area contributed by atoms with Gasteiger partial charge in [0.15, 0.2) is 0 Å². The van der Waals surface area contributed by atoms with Crippen LogP contribution in [0, 0.1) is 11.3 Å². The van der Waals surface area contributed by atoms with Crippen molar-refractivity contribution in [1.82, 2.24) is 5.32 Å². The molecule has 0 bridgehead atoms. The lowest BCUT2D eigenvalue weighted by Crippen LogP contribution is -2.23. The monoisotopic (exact) mass is 348 g/mol. The van der Waals surface area contributed by atoms with Gasteiger partial charge in [-0.2, -0.15) is 5.26 Å². The van der Waals surface area contributed by atoms with E-state index in [1.807, 2.05) is 6.07 Å². The third kappa shape index (κ3) is 3.60. The van der Waals surface area contributed by atoms with E-state index in [0.717, 1.165) is 10.0 Å². The van der Waals surface area contributed by atoms with Crippen LogP contribution in [0.15, 0.2) is 46.9 Å². The van der Waals surface area contributed by atoms with Crippen molar-refractivity contribution in [2.75, 3.05) is 0 Å². The molecule has 0 aliphatic heterocycles. The van der Waals surface area contributed by atoms with E-state index in [2.05, 4.69) is 21.2 Å². The first kappa shape index (κ1) is 14.6. The Balaban J connectivity index is 2.04. The highest BCUT2D eigenvalue weighted by Crippen LogP contribution is 2.20. The predicted molar refractivity (Wildman–Crippen MR) is 81.5 cm³/mol. The maximum atomic E-state index is 12.0. The highest BCUT2D eigenvalue weighted by molar-refractivity contribution is 9.10. The van der Waals surface area contributed by atoms with Crippen molar-refractivity contribution < 1.29 is 4.79 Å². The highest BCUT2D eigenvalue weighted by atomic mass is 79.9. The molecule has 0 saturated carbocycles. The average molecular weight is 350 g/mol. The van der Waals surface area contributed by atoms with Crippen molar-refractivity contribution in [3.63, 3.8) is 0 Å². The number of hydrogen-bond donors (Lipinski definition) is 1. The molecule has 0 atom stereocenters. The zero-order valence-electron chi connectivity index (χ0n) is 10.4. The van der Waals surface area contributed by atoms with Gasteiger partial charge in [0.25, 0.3) is 5.91 Å². The summed E-state index contributed by atoms with van der Waals surface area (Å²) in [5.74, 6) is -0.236. The second kappa shape index (κ2) is 6.56. The van der Waals surface area contributed by atoms with Crippen LogP contribution in [-0.2, 0) is 6.54 Å². The third-order valence-corrected chi connectivity index (χ3v) is 3.53. The molecule has 0 spiro atoms. The molecule has 1 N–H and O–H groups in total. The van der Waals surface area contributed by atoms with Crippen LogP contribution in [0.25, 0.3) is 0 Å². The van der Waals surface area contributed by atoms with Crippen LogP contribution in [-0.4, -0.2) is 5.91 Å². The van der Waals surface area contributed by atoms with Crippen LogP contribution < -0.4 is 5.32 Å². The molecule has 0 radical (unpaired) electrons. The summed E-state index contributed by atoms with van der Waals surface area (Å²) in [4.78, 5) is 12.0. The first-order valence-corrected chi connectivity index (χ1v) is 6.99. The second-order valence-corrected chi connectivity index (χ2v) is 5.44. The van der Waals surface area contributed by atoms with Gasteiger partial charge >= 0.3 is 0 Å². The van der Waals surface area contributed by atoms with Crippen molar-refractivity contribution in [2.24, 2.45) is 0 Å². The van der Waals surface area contributed by atoms with Gasteiger partial charge in [-0.05, 0) is 35.9 Å². The Labute approximate surface area is 130 Å². The molecule has 0 saturated heterocycles. The Kier molecular flexibility index (Phi) is 4.78. The van der Waals surface area contributed by atoms with Gasteiger partial charge in [-0.15, -0.1) is 0 Å². The maximum absolute atomic E-state index is 12.0. The van der Waals surface area contributed by atoms with Crippen molar-refractivity contribution in [2.45, 2.75) is 6.54 Å². The molecule has 0 aliphatic rings. The summed E-state index contributed by atoms with van der Waals surface area (Å²) < 4.78 is 0.797. The Bertz CT molecular complexity index is 677. The first-order chi connectivity index (χ1) is 9.60. The normalized spacial score (nSPS) is 9.85. The predicted octanol–water partition coefficient (Wildman–Crippen LogP) is 3.90. The Morgan fingerprint density at radius 1 is 1.25 bits per heavy atom. The maximum Gasteiger partial charge on any atom is 0.253 e. The molecule has 0 aliphatic carbocycles. The topological polar surface area (TPSA) is 52.9 Å². The summed E-state index contributed by atoms with van der Waals surface area (Å²) in [6.07, 6.45) is 0. The quantitative estimate of drug-likeness (QED) is 0.913. The van der Waals surface area contributed by atoms with E-state index >= 15 is 0 Å². The molecule has 100 valence electrons. The van der Waals surface area contributed by atoms with E-state index < -0.39 is 0 Å². The first-order valence-electron chi connectivity index (χ1n) is 5.82. The van der Waals surface area contributed by atoms with Crippen molar-refractivity contribution in [3.8, 4) is 6.07 Å². The lowest BCUT2D eigenvalue weighted by atomic mass is 10.1. The number of nitrogens with zero attached hydrogens (tertiary/aromatic N) is 1. The summed E-state index contributed by atoms with van der Waals surface area (Å²) >= 11 is 9.30. The Morgan fingerprint density at radius 2 is 1.95 bits per heavy atom. The van der Waals surface area contributed by atoms with Gasteiger partial charge in [0.2, 0.25) is 0 Å². The molecule has 0 heterocycles. The minimum absolute atomic E-state index is 0.236. The summed E-state index contributed by atoms with van der Waals surface area (Å²) in [6.45, 7) is 0.382. The van der Waals surface area contributed by atoms with Crippen molar-refractivity contribution >= 4 is 33.4 Å². The number of nitrogens with one attached hydrogen (secondary N) is 1. The molecule has 0 unspecified atom stereocenters. The molecular formula is C15H10BrClN2O. The van der Waals surface area contributed by atoms with Gasteiger partial charge in [-0.25, -0.2) is 0 Å². The number of carbonyl (C=O) groups is 1. The third-order valence-electron chi connectivity index (χ3n) is 2.71. The van der Waals surface area contributed by atoms with Crippen molar-refractivity contribution in [1.29, 1.82) is 5.26 Å². The van der Waals surface area contributed by atoms with Crippen LogP contribution in [0.2, 0.25) is 5.02 Å². The van der Waals surface area contributed by atoms with E-state index in [9.17, 15) is 4.79 Å². The zero-order chi connectivity index (χ0) is 14.5. The Hall–Kier alpha value is -1.83. The molecule has 1 amide bonds. The number of benzene rings is 2. The number of rotatable bonds is 3. The molecule has 2 aromatic rings. The number of hydrogen-bond acceptors (Lipinski definition) is 2. The van der Waals surface area contributed by atoms with Gasteiger partial charge in [-0.3, -0.25) is 4.79 Å². The summed E-state index contributed by atoms with van der Waals surface area (Å²) in [7, 11) is 0. The zero-order valence-corrected chi connectivity index (χ0v) is 12.7. The van der Waals surface area contributed by atoms with Gasteiger partial charge in [-0.1, -0.05) is 39.7 Å². The number of halogens is 2. The highest BCUT2D eigenvalue weighted by Gasteiger charge is 2.10. The molecular weight excluding hydrogens is 340 g/mol. The number of amides is 1. The summed E-state index contributed by atoms with van der Waals surface area (Å²) in [5.41, 5.74) is 1.94. The van der Waals surface area contributed by atoms with Crippen LogP contribution in [0.3, 0.4) is 0 Å². The van der Waals surface area contributed by atoms with Gasteiger partial charge in [0.05, 0.1) is 22.2 Å². The van der Waals surface area contributed by atoms with Gasteiger partial charge in [0.1, 0.15) is 0 Å². The van der Waals surface area contributed by atoms with E-state index in [0.29, 0.717) is 22.7 Å². The summed E-state index contributed by atoms with van der Waals surface area (Å²) in [5, 5.41) is 11.9. The minimum Gasteiger partial charge on any atom is -0.348 e. The standard InChI is InChI=1S/C15H10BrClN2O/c16-12-5-6-14(17)13(7-12)15(20)19-9-11-3-1-10(8-18)2-4-11/h1-7H,9H2,(H,19,20). The SMILES string of the molecule is N#Cc1ccc(CNC(=O)c2cc(Br)ccc2Cl)cc1. The van der Waals surface area contributed by atoms with E-state index in [1.54, 1.807) is 42.5 Å². The van der Waals surface area contributed by atoms with E-state index in [4.69, 9.17) is 16.9 Å². The van der Waals surface area contributed by atoms with E-state index in [-0.39, 0.29) is 5.91 Å². The molecule has 5 heteroatoms. The van der Waals surface area contributed by atoms with Crippen LogP contribution in [0.5, 0.6) is 0 Å². The van der Waals surface area contributed by atoms with Gasteiger partial charge < -0.3 is 5.32 Å². The fourth-order valence-electron chi connectivity index (χ4n) is 1.65. The van der Waals surface area contributed by atoms with Crippen LogP contribution in [0.4, 0.5) is 0 Å². The molecule has 2 aromatic carbocycles. The van der Waals surface area contributed by atoms with E-state index in [1.165, 1.54) is 0 Å². The minimum atomic E-state index is -0.236. The van der Waals surface area contributed by atoms with Gasteiger partial charge in [0, 0.05) is 11.0 Å². The number of nitriles is 1. The summed E-state index contributed by atoms with van der Waals surface area (Å²) in [6, 6.07) is 14.2. The lowest BCUT2D eigenvalue weighted by molar-refractivity contribution is 0.0951. The molecule has 2 rings (SSSR count). The Morgan fingerprint density at radius 3 is 2.60 bits per heavy atom. The average Bonchev–Trinajstić information content (AvgIpc) is 2.47. The van der Waals surface area contributed by atoms with Crippen molar-refractivity contribution in [3.05, 3.63) is 68.7 Å². The smallest absolute Gasteiger partial charge is 0.253 e.